The van der Waals surface area contributed by atoms with E-state index < -0.39 is 5.60 Å². The van der Waals surface area contributed by atoms with E-state index in [-0.39, 0.29) is 6.04 Å². The molecular weight excluding hydrogens is 246 g/mol. The highest BCUT2D eigenvalue weighted by Gasteiger charge is 2.37. The molecule has 1 aromatic rings. The SMILES string of the molecule is CC(O)(c1ccccc1)C(CCl)N1CCCCC1. The van der Waals surface area contributed by atoms with E-state index in [0.29, 0.717) is 5.88 Å². The van der Waals surface area contributed by atoms with Gasteiger partial charge in [0.15, 0.2) is 0 Å². The summed E-state index contributed by atoms with van der Waals surface area (Å²) in [4.78, 5) is 2.34. The zero-order valence-electron chi connectivity index (χ0n) is 11.0. The summed E-state index contributed by atoms with van der Waals surface area (Å²) < 4.78 is 0. The topological polar surface area (TPSA) is 23.5 Å². The highest BCUT2D eigenvalue weighted by Crippen LogP contribution is 2.30. The first-order valence-electron chi connectivity index (χ1n) is 6.74. The number of alkyl halides is 1. The molecule has 1 fully saturated rings. The summed E-state index contributed by atoms with van der Waals surface area (Å²) in [5, 5.41) is 10.9. The van der Waals surface area contributed by atoms with Gasteiger partial charge in [0.2, 0.25) is 0 Å². The average Bonchev–Trinajstić information content (AvgIpc) is 2.41. The molecule has 0 saturated carbocycles. The lowest BCUT2D eigenvalue weighted by Crippen LogP contribution is -2.52. The summed E-state index contributed by atoms with van der Waals surface area (Å²) in [6.45, 7) is 3.96. The number of piperidine rings is 1. The lowest BCUT2D eigenvalue weighted by molar-refractivity contribution is -0.0352. The third kappa shape index (κ3) is 2.87. The van der Waals surface area contributed by atoms with Gasteiger partial charge in [0.25, 0.3) is 0 Å². The van der Waals surface area contributed by atoms with Crippen molar-refractivity contribution in [1.82, 2.24) is 4.90 Å². The van der Waals surface area contributed by atoms with Crippen molar-refractivity contribution in [2.45, 2.75) is 37.8 Å². The van der Waals surface area contributed by atoms with Crippen molar-refractivity contribution in [2.75, 3.05) is 19.0 Å². The second-order valence-corrected chi connectivity index (χ2v) is 5.59. The van der Waals surface area contributed by atoms with Crippen LogP contribution >= 0.6 is 11.6 Å². The van der Waals surface area contributed by atoms with Crippen LogP contribution in [0.4, 0.5) is 0 Å². The molecule has 3 heteroatoms. The average molecular weight is 268 g/mol. The third-order valence-corrected chi connectivity index (χ3v) is 4.28. The normalized spacial score (nSPS) is 22.4. The van der Waals surface area contributed by atoms with E-state index in [1.165, 1.54) is 19.3 Å². The molecule has 0 bridgehead atoms. The Morgan fingerprint density at radius 3 is 2.39 bits per heavy atom. The summed E-state index contributed by atoms with van der Waals surface area (Å²) in [5.41, 5.74) is 0.0570. The molecule has 1 N–H and O–H groups in total. The van der Waals surface area contributed by atoms with Crippen LogP contribution in [-0.2, 0) is 5.60 Å². The van der Waals surface area contributed by atoms with Crippen LogP contribution in [0.1, 0.15) is 31.7 Å². The Bertz CT molecular complexity index is 360. The molecule has 2 nitrogen and oxygen atoms in total. The van der Waals surface area contributed by atoms with E-state index >= 15 is 0 Å². The maximum Gasteiger partial charge on any atom is 0.103 e. The molecule has 0 aliphatic carbocycles. The number of hydrogen-bond acceptors (Lipinski definition) is 2. The Balaban J connectivity index is 2.19. The van der Waals surface area contributed by atoms with Crippen molar-refractivity contribution >= 4 is 11.6 Å². The van der Waals surface area contributed by atoms with E-state index in [9.17, 15) is 5.11 Å². The van der Waals surface area contributed by atoms with Crippen molar-refractivity contribution in [2.24, 2.45) is 0 Å². The van der Waals surface area contributed by atoms with E-state index in [2.05, 4.69) is 4.90 Å². The standard InChI is InChI=1S/C15H22ClNO/c1-15(18,13-8-4-2-5-9-13)14(12-16)17-10-6-3-7-11-17/h2,4-5,8-9,14,18H,3,6-7,10-12H2,1H3. The molecule has 0 amide bonds. The minimum absolute atomic E-state index is 0.0122. The molecule has 1 aromatic carbocycles. The first-order valence-corrected chi connectivity index (χ1v) is 7.27. The zero-order valence-corrected chi connectivity index (χ0v) is 11.7. The molecule has 2 rings (SSSR count). The second-order valence-electron chi connectivity index (χ2n) is 5.28. The van der Waals surface area contributed by atoms with Gasteiger partial charge in [-0.1, -0.05) is 36.8 Å². The molecule has 0 radical (unpaired) electrons. The van der Waals surface area contributed by atoms with Crippen LogP contribution in [0.3, 0.4) is 0 Å². The molecule has 0 spiro atoms. The Hall–Kier alpha value is -0.570. The van der Waals surface area contributed by atoms with Crippen molar-refractivity contribution in [3.05, 3.63) is 35.9 Å². The zero-order chi connectivity index (χ0) is 13.0. The Labute approximate surface area is 115 Å². The number of halogens is 1. The van der Waals surface area contributed by atoms with Gasteiger partial charge in [-0.2, -0.15) is 0 Å². The number of likely N-dealkylation sites (tertiary alicyclic amines) is 1. The maximum atomic E-state index is 10.9. The van der Waals surface area contributed by atoms with Crippen LogP contribution in [-0.4, -0.2) is 35.0 Å². The van der Waals surface area contributed by atoms with Gasteiger partial charge >= 0.3 is 0 Å². The van der Waals surface area contributed by atoms with Crippen molar-refractivity contribution in [1.29, 1.82) is 0 Å². The van der Waals surface area contributed by atoms with Crippen LogP contribution in [0.2, 0.25) is 0 Å². The van der Waals surface area contributed by atoms with Crippen molar-refractivity contribution < 1.29 is 5.11 Å². The molecule has 0 aromatic heterocycles. The molecule has 2 unspecified atom stereocenters. The van der Waals surface area contributed by atoms with Gasteiger partial charge in [0.1, 0.15) is 5.60 Å². The Kier molecular flexibility index (Phi) is 4.66. The lowest BCUT2D eigenvalue weighted by Gasteiger charge is -2.42. The number of benzene rings is 1. The number of hydrogen-bond donors (Lipinski definition) is 1. The third-order valence-electron chi connectivity index (χ3n) is 3.98. The van der Waals surface area contributed by atoms with Gasteiger partial charge in [0, 0.05) is 5.88 Å². The molecule has 18 heavy (non-hydrogen) atoms. The number of rotatable bonds is 4. The van der Waals surface area contributed by atoms with Crippen LogP contribution in [0.5, 0.6) is 0 Å². The van der Waals surface area contributed by atoms with Gasteiger partial charge in [0.05, 0.1) is 6.04 Å². The van der Waals surface area contributed by atoms with Crippen molar-refractivity contribution in [3.8, 4) is 0 Å². The van der Waals surface area contributed by atoms with Gasteiger partial charge in [-0.3, -0.25) is 4.90 Å². The number of aliphatic hydroxyl groups is 1. The quantitative estimate of drug-likeness (QED) is 0.848. The van der Waals surface area contributed by atoms with Crippen LogP contribution < -0.4 is 0 Å². The van der Waals surface area contributed by atoms with Crippen LogP contribution in [0.25, 0.3) is 0 Å². The minimum atomic E-state index is -0.889. The fraction of sp³-hybridized carbons (Fsp3) is 0.600. The van der Waals surface area contributed by atoms with Crippen LogP contribution in [0.15, 0.2) is 30.3 Å². The van der Waals surface area contributed by atoms with E-state index in [4.69, 9.17) is 11.6 Å². The Morgan fingerprint density at radius 1 is 1.22 bits per heavy atom. The maximum absolute atomic E-state index is 10.9. The fourth-order valence-corrected chi connectivity index (χ4v) is 3.30. The first kappa shape index (κ1) is 13.9. The van der Waals surface area contributed by atoms with Crippen molar-refractivity contribution in [3.63, 3.8) is 0 Å². The first-order chi connectivity index (χ1) is 8.66. The van der Waals surface area contributed by atoms with E-state index in [0.717, 1.165) is 18.7 Å². The Morgan fingerprint density at radius 2 is 1.83 bits per heavy atom. The van der Waals surface area contributed by atoms with Gasteiger partial charge in [-0.15, -0.1) is 11.6 Å². The summed E-state index contributed by atoms with van der Waals surface area (Å²) in [5.74, 6) is 0.460. The summed E-state index contributed by atoms with van der Waals surface area (Å²) in [7, 11) is 0. The molecule has 2 atom stereocenters. The molecule has 1 aliphatic rings. The molecule has 1 aliphatic heterocycles. The lowest BCUT2D eigenvalue weighted by atomic mass is 9.87. The smallest absolute Gasteiger partial charge is 0.103 e. The highest BCUT2D eigenvalue weighted by molar-refractivity contribution is 6.18. The van der Waals surface area contributed by atoms with E-state index in [1.807, 2.05) is 37.3 Å². The summed E-state index contributed by atoms with van der Waals surface area (Å²) in [6.07, 6.45) is 3.70. The largest absolute Gasteiger partial charge is 0.384 e. The predicted octanol–water partition coefficient (Wildman–Crippen LogP) is 2.99. The number of nitrogens with zero attached hydrogens (tertiary/aromatic N) is 1. The monoisotopic (exact) mass is 267 g/mol. The second kappa shape index (κ2) is 6.05. The highest BCUT2D eigenvalue weighted by atomic mass is 35.5. The fourth-order valence-electron chi connectivity index (χ4n) is 2.80. The summed E-state index contributed by atoms with van der Waals surface area (Å²) in [6, 6.07) is 9.83. The van der Waals surface area contributed by atoms with E-state index in [1.54, 1.807) is 0 Å². The predicted molar refractivity (Wildman–Crippen MR) is 75.9 cm³/mol. The van der Waals surface area contributed by atoms with Gasteiger partial charge in [-0.25, -0.2) is 0 Å². The molecular formula is C15H22ClNO. The van der Waals surface area contributed by atoms with Gasteiger partial charge in [-0.05, 0) is 38.4 Å². The molecule has 100 valence electrons. The summed E-state index contributed by atoms with van der Waals surface area (Å²) >= 11 is 6.13. The molecule has 1 saturated heterocycles. The van der Waals surface area contributed by atoms with Gasteiger partial charge < -0.3 is 5.11 Å². The molecule has 1 heterocycles. The minimum Gasteiger partial charge on any atom is -0.384 e. The van der Waals surface area contributed by atoms with Crippen LogP contribution in [0, 0.1) is 0 Å².